The summed E-state index contributed by atoms with van der Waals surface area (Å²) in [6, 6.07) is 0.136. The molecule has 19 heavy (non-hydrogen) atoms. The molecule has 1 atom stereocenters. The van der Waals surface area contributed by atoms with Crippen molar-refractivity contribution in [1.29, 1.82) is 0 Å². The van der Waals surface area contributed by atoms with Crippen LogP contribution in [0.3, 0.4) is 0 Å². The molecule has 1 amide bonds. The fourth-order valence-corrected chi connectivity index (χ4v) is 1.87. The van der Waals surface area contributed by atoms with Crippen molar-refractivity contribution < 1.29 is 4.79 Å². The minimum atomic E-state index is 0. The van der Waals surface area contributed by atoms with Gasteiger partial charge < -0.3 is 11.1 Å². The van der Waals surface area contributed by atoms with E-state index in [0.717, 1.165) is 12.0 Å². The van der Waals surface area contributed by atoms with Crippen molar-refractivity contribution in [3.05, 3.63) is 18.0 Å². The van der Waals surface area contributed by atoms with Crippen LogP contribution in [0.4, 0.5) is 0 Å². The minimum absolute atomic E-state index is 0. The molecule has 3 N–H and O–H groups in total. The van der Waals surface area contributed by atoms with Gasteiger partial charge in [-0.05, 0) is 30.7 Å². The first-order chi connectivity index (χ1) is 8.15. The van der Waals surface area contributed by atoms with Crippen molar-refractivity contribution in [2.75, 3.05) is 6.54 Å². The van der Waals surface area contributed by atoms with E-state index in [9.17, 15) is 4.79 Å². The zero-order valence-corrected chi connectivity index (χ0v) is 12.7. The maximum Gasteiger partial charge on any atom is 0.220 e. The number of nitrogens with one attached hydrogen (secondary N) is 1. The van der Waals surface area contributed by atoms with Crippen LogP contribution in [-0.2, 0) is 18.3 Å². The number of hydrogen-bond donors (Lipinski definition) is 2. The lowest BCUT2D eigenvalue weighted by Gasteiger charge is -2.11. The zero-order chi connectivity index (χ0) is 12.3. The molecule has 1 aromatic heterocycles. The molecule has 7 heteroatoms. The van der Waals surface area contributed by atoms with Crippen LogP contribution in [0.2, 0.25) is 0 Å². The van der Waals surface area contributed by atoms with Crippen molar-refractivity contribution in [1.82, 2.24) is 15.1 Å². The molecule has 0 saturated heterocycles. The highest BCUT2D eigenvalue weighted by Crippen LogP contribution is 2.31. The van der Waals surface area contributed by atoms with Gasteiger partial charge in [0.2, 0.25) is 5.91 Å². The fourth-order valence-electron chi connectivity index (χ4n) is 1.87. The van der Waals surface area contributed by atoms with E-state index in [0.29, 0.717) is 18.9 Å². The van der Waals surface area contributed by atoms with Crippen molar-refractivity contribution >= 4 is 30.7 Å². The molecular weight excluding hydrogens is 287 g/mol. The summed E-state index contributed by atoms with van der Waals surface area (Å²) in [6.07, 6.45) is 7.40. The summed E-state index contributed by atoms with van der Waals surface area (Å²) in [6.45, 7) is 0.608. The van der Waals surface area contributed by atoms with Gasteiger partial charge in [-0.25, -0.2) is 0 Å². The van der Waals surface area contributed by atoms with Gasteiger partial charge in [0.25, 0.3) is 0 Å². The molecule has 0 spiro atoms. The molecule has 1 heterocycles. The molecular formula is C12H22Cl2N4O. The molecule has 1 aromatic rings. The highest BCUT2D eigenvalue weighted by molar-refractivity contribution is 5.85. The van der Waals surface area contributed by atoms with Gasteiger partial charge in [0.15, 0.2) is 0 Å². The third kappa shape index (κ3) is 6.27. The van der Waals surface area contributed by atoms with Gasteiger partial charge in [-0.15, -0.1) is 24.8 Å². The molecule has 5 nitrogen and oxygen atoms in total. The first-order valence-electron chi connectivity index (χ1n) is 6.15. The largest absolute Gasteiger partial charge is 0.355 e. The van der Waals surface area contributed by atoms with Gasteiger partial charge in [0.05, 0.1) is 6.20 Å². The molecule has 1 saturated carbocycles. The topological polar surface area (TPSA) is 72.9 Å². The summed E-state index contributed by atoms with van der Waals surface area (Å²) in [7, 11) is 1.87. The predicted molar refractivity (Wildman–Crippen MR) is 79.7 cm³/mol. The number of carbonyl (C=O) groups is 1. The smallest absolute Gasteiger partial charge is 0.220 e. The van der Waals surface area contributed by atoms with Crippen LogP contribution in [-0.4, -0.2) is 28.3 Å². The third-order valence-electron chi connectivity index (χ3n) is 3.16. The quantitative estimate of drug-likeness (QED) is 0.825. The minimum Gasteiger partial charge on any atom is -0.355 e. The van der Waals surface area contributed by atoms with Gasteiger partial charge in [-0.1, -0.05) is 0 Å². The average molecular weight is 309 g/mol. The number of hydrogen-bond acceptors (Lipinski definition) is 3. The van der Waals surface area contributed by atoms with Gasteiger partial charge in [-0.3, -0.25) is 9.48 Å². The lowest BCUT2D eigenvalue weighted by molar-refractivity contribution is -0.121. The Kier molecular flexibility index (Phi) is 8.06. The Bertz CT molecular complexity index is 393. The Labute approximate surface area is 126 Å². The third-order valence-corrected chi connectivity index (χ3v) is 3.16. The summed E-state index contributed by atoms with van der Waals surface area (Å²) in [5.41, 5.74) is 7.00. The summed E-state index contributed by atoms with van der Waals surface area (Å²) < 4.78 is 1.75. The van der Waals surface area contributed by atoms with Crippen LogP contribution < -0.4 is 11.1 Å². The van der Waals surface area contributed by atoms with Crippen LogP contribution in [0, 0.1) is 5.92 Å². The molecule has 1 unspecified atom stereocenters. The number of carbonyl (C=O) groups excluding carboxylic acids is 1. The van der Waals surface area contributed by atoms with Gasteiger partial charge in [-0.2, -0.15) is 5.10 Å². The van der Waals surface area contributed by atoms with Crippen molar-refractivity contribution in [2.24, 2.45) is 18.7 Å². The van der Waals surface area contributed by atoms with Crippen molar-refractivity contribution in [2.45, 2.75) is 31.7 Å². The van der Waals surface area contributed by atoms with E-state index in [4.69, 9.17) is 5.73 Å². The van der Waals surface area contributed by atoms with E-state index in [1.54, 1.807) is 10.9 Å². The van der Waals surface area contributed by atoms with E-state index in [-0.39, 0.29) is 36.8 Å². The lowest BCUT2D eigenvalue weighted by Crippen LogP contribution is -2.38. The maximum atomic E-state index is 11.6. The number of nitrogens with zero attached hydrogens (tertiary/aromatic N) is 2. The Balaban J connectivity index is 0.00000162. The molecule has 2 rings (SSSR count). The van der Waals surface area contributed by atoms with Crippen LogP contribution in [0.5, 0.6) is 0 Å². The van der Waals surface area contributed by atoms with Gasteiger partial charge >= 0.3 is 0 Å². The van der Waals surface area contributed by atoms with Crippen molar-refractivity contribution in [3.8, 4) is 0 Å². The molecule has 0 bridgehead atoms. The van der Waals surface area contributed by atoms with Crippen LogP contribution in [0.1, 0.15) is 24.8 Å². The second-order valence-corrected chi connectivity index (χ2v) is 4.83. The summed E-state index contributed by atoms with van der Waals surface area (Å²) in [5, 5.41) is 6.95. The second-order valence-electron chi connectivity index (χ2n) is 4.83. The predicted octanol–water partition coefficient (Wildman–Crippen LogP) is 1.05. The number of amides is 1. The first kappa shape index (κ1) is 18.2. The molecule has 1 fully saturated rings. The molecule has 0 aliphatic heterocycles. The monoisotopic (exact) mass is 308 g/mol. The Morgan fingerprint density at radius 3 is 2.79 bits per heavy atom. The van der Waals surface area contributed by atoms with Gasteiger partial charge in [0.1, 0.15) is 0 Å². The Hall–Kier alpha value is -0.780. The summed E-state index contributed by atoms with van der Waals surface area (Å²) in [4.78, 5) is 11.6. The highest BCUT2D eigenvalue weighted by Gasteiger charge is 2.28. The molecule has 110 valence electrons. The number of aromatic nitrogens is 2. The van der Waals surface area contributed by atoms with Crippen LogP contribution >= 0.6 is 24.8 Å². The summed E-state index contributed by atoms with van der Waals surface area (Å²) >= 11 is 0. The normalized spacial score (nSPS) is 15.1. The van der Waals surface area contributed by atoms with Gasteiger partial charge in [0, 0.05) is 32.3 Å². The first-order valence-corrected chi connectivity index (χ1v) is 6.15. The SMILES string of the molecule is Cl.Cl.Cn1cc(CCC(=O)NCC(N)C2CC2)cn1. The number of halogens is 2. The van der Waals surface area contributed by atoms with Crippen molar-refractivity contribution in [3.63, 3.8) is 0 Å². The van der Waals surface area contributed by atoms with E-state index in [2.05, 4.69) is 10.4 Å². The van der Waals surface area contributed by atoms with E-state index < -0.39 is 0 Å². The maximum absolute atomic E-state index is 11.6. The number of nitrogens with two attached hydrogens (primary N) is 1. The van der Waals surface area contributed by atoms with Crippen LogP contribution in [0.15, 0.2) is 12.4 Å². The highest BCUT2D eigenvalue weighted by atomic mass is 35.5. The second kappa shape index (κ2) is 8.40. The zero-order valence-electron chi connectivity index (χ0n) is 11.0. The molecule has 0 radical (unpaired) electrons. The standard InChI is InChI=1S/C12H20N4O.2ClH/c1-16-8-9(6-15-16)2-5-12(17)14-7-11(13)10-3-4-10;;/h6,8,10-11H,2-5,7,13H2,1H3,(H,14,17);2*1H. The Morgan fingerprint density at radius 1 is 1.58 bits per heavy atom. The molecule has 0 aromatic carbocycles. The molecule has 1 aliphatic rings. The number of aryl methyl sites for hydroxylation is 2. The average Bonchev–Trinajstić information content (AvgIpc) is 3.07. The number of rotatable bonds is 6. The summed E-state index contributed by atoms with van der Waals surface area (Å²) in [5.74, 6) is 0.707. The van der Waals surface area contributed by atoms with Crippen LogP contribution in [0.25, 0.3) is 0 Å². The Morgan fingerprint density at radius 2 is 2.26 bits per heavy atom. The van der Waals surface area contributed by atoms with E-state index in [1.807, 2.05) is 13.2 Å². The van der Waals surface area contributed by atoms with E-state index >= 15 is 0 Å². The lowest BCUT2D eigenvalue weighted by atomic mass is 10.1. The molecule has 1 aliphatic carbocycles. The van der Waals surface area contributed by atoms with E-state index in [1.165, 1.54) is 12.8 Å². The fraction of sp³-hybridized carbons (Fsp3) is 0.667.